The number of aromatic hydroxyl groups is 2. The van der Waals surface area contributed by atoms with E-state index in [9.17, 15) is 20.1 Å². The van der Waals surface area contributed by atoms with Gasteiger partial charge in [-0.1, -0.05) is 30.1 Å². The van der Waals surface area contributed by atoms with Crippen molar-refractivity contribution in [3.8, 4) is 11.5 Å². The number of hydrogen-bond acceptors (Lipinski definition) is 8. The lowest BCUT2D eigenvalue weighted by Crippen LogP contribution is -2.60. The summed E-state index contributed by atoms with van der Waals surface area (Å²) in [7, 11) is 1.37. The maximum absolute atomic E-state index is 13.0. The quantitative estimate of drug-likeness (QED) is 0.565. The largest absolute Gasteiger partial charge is 0.505 e. The van der Waals surface area contributed by atoms with Crippen molar-refractivity contribution in [3.05, 3.63) is 21.2 Å². The van der Waals surface area contributed by atoms with E-state index in [2.05, 4.69) is 0 Å². The van der Waals surface area contributed by atoms with E-state index < -0.39 is 58.8 Å². The number of ether oxygens (including phenoxy) is 4. The molecule has 1 aromatic carbocycles. The second-order valence-electron chi connectivity index (χ2n) is 8.03. The SMILES string of the molecule is CCc1c(Cl)c(O)c(Cl)c(O)c1C(=O)OC1C(OC)C(OC(C)(C)C)OC(C)[C@@H]1O. The third kappa shape index (κ3) is 4.95. The molecule has 1 heterocycles. The van der Waals surface area contributed by atoms with Gasteiger partial charge in [0, 0.05) is 7.11 Å². The second kappa shape index (κ2) is 9.46. The summed E-state index contributed by atoms with van der Waals surface area (Å²) in [5.41, 5.74) is -0.726. The zero-order chi connectivity index (χ0) is 23.0. The van der Waals surface area contributed by atoms with E-state index in [-0.39, 0.29) is 22.6 Å². The molecule has 0 spiro atoms. The van der Waals surface area contributed by atoms with Gasteiger partial charge in [0.05, 0.1) is 16.7 Å². The van der Waals surface area contributed by atoms with Gasteiger partial charge in [-0.3, -0.25) is 0 Å². The first kappa shape index (κ1) is 25.0. The number of aliphatic hydroxyl groups is 1. The van der Waals surface area contributed by atoms with Crippen LogP contribution in [-0.2, 0) is 25.4 Å². The van der Waals surface area contributed by atoms with Gasteiger partial charge in [-0.25, -0.2) is 4.79 Å². The lowest BCUT2D eigenvalue weighted by molar-refractivity contribution is -0.317. The number of benzene rings is 1. The van der Waals surface area contributed by atoms with Crippen LogP contribution < -0.4 is 0 Å². The molecule has 2 rings (SSSR count). The zero-order valence-corrected chi connectivity index (χ0v) is 19.2. The Morgan fingerprint density at radius 3 is 2.23 bits per heavy atom. The highest BCUT2D eigenvalue weighted by Gasteiger charge is 2.48. The van der Waals surface area contributed by atoms with Crippen molar-refractivity contribution in [3.63, 3.8) is 0 Å². The molecule has 1 aliphatic heterocycles. The molecule has 0 saturated carbocycles. The van der Waals surface area contributed by atoms with Crippen LogP contribution in [0.2, 0.25) is 10.0 Å². The minimum absolute atomic E-state index is 0.159. The predicted octanol–water partition coefficient (Wildman–Crippen LogP) is 3.43. The minimum Gasteiger partial charge on any atom is -0.505 e. The van der Waals surface area contributed by atoms with E-state index in [4.69, 9.17) is 42.1 Å². The Balaban J connectivity index is 2.43. The number of carbonyl (C=O) groups excluding carboxylic acids is 1. The van der Waals surface area contributed by atoms with Crippen LogP contribution in [0.3, 0.4) is 0 Å². The fourth-order valence-corrected chi connectivity index (χ4v) is 3.82. The maximum atomic E-state index is 13.0. The first-order valence-electron chi connectivity index (χ1n) is 9.50. The van der Waals surface area contributed by atoms with Crippen LogP contribution in [-0.4, -0.2) is 64.7 Å². The Labute approximate surface area is 185 Å². The third-order valence-corrected chi connectivity index (χ3v) is 5.49. The first-order chi connectivity index (χ1) is 13.8. The van der Waals surface area contributed by atoms with Gasteiger partial charge in [0.25, 0.3) is 0 Å². The maximum Gasteiger partial charge on any atom is 0.342 e. The zero-order valence-electron chi connectivity index (χ0n) is 17.7. The monoisotopic (exact) mass is 466 g/mol. The molecule has 170 valence electrons. The summed E-state index contributed by atoms with van der Waals surface area (Å²) in [6, 6.07) is 0. The topological polar surface area (TPSA) is 115 Å². The predicted molar refractivity (Wildman–Crippen MR) is 110 cm³/mol. The standard InChI is InChI=1S/C20H28Cl2O8/c1-7-9-10(14(24)12(22)15(25)11(9)21)18(26)29-16-13(23)8(2)28-19(17(16)27-6)30-20(3,4)5/h8,13,16-17,19,23-25H,7H2,1-6H3/t8?,13-,16?,17?,19?/m0/s1. The van der Waals surface area contributed by atoms with Crippen molar-refractivity contribution in [2.75, 3.05) is 7.11 Å². The Bertz CT molecular complexity index is 792. The van der Waals surface area contributed by atoms with E-state index in [1.807, 2.05) is 20.8 Å². The van der Waals surface area contributed by atoms with Crippen LogP contribution >= 0.6 is 23.2 Å². The molecular weight excluding hydrogens is 439 g/mol. The number of carbonyl (C=O) groups is 1. The van der Waals surface area contributed by atoms with Crippen LogP contribution in [0.5, 0.6) is 11.5 Å². The van der Waals surface area contributed by atoms with E-state index >= 15 is 0 Å². The van der Waals surface area contributed by atoms with Crippen LogP contribution in [0.4, 0.5) is 0 Å². The molecule has 1 saturated heterocycles. The van der Waals surface area contributed by atoms with Crippen LogP contribution in [0.1, 0.15) is 50.5 Å². The molecular formula is C20H28Cl2O8. The number of phenols is 2. The molecule has 4 unspecified atom stereocenters. The molecule has 1 aliphatic rings. The van der Waals surface area contributed by atoms with Crippen molar-refractivity contribution in [2.45, 2.75) is 77.3 Å². The van der Waals surface area contributed by atoms with Gasteiger partial charge in [0.1, 0.15) is 22.8 Å². The van der Waals surface area contributed by atoms with Gasteiger partial charge in [-0.15, -0.1) is 0 Å². The van der Waals surface area contributed by atoms with Gasteiger partial charge in [0.2, 0.25) is 0 Å². The summed E-state index contributed by atoms with van der Waals surface area (Å²) in [5.74, 6) is -2.17. The third-order valence-electron chi connectivity index (χ3n) is 4.73. The lowest BCUT2D eigenvalue weighted by Gasteiger charge is -2.44. The van der Waals surface area contributed by atoms with Crippen LogP contribution in [0.25, 0.3) is 0 Å². The normalized spacial score (nSPS) is 27.2. The Hall–Kier alpha value is -1.29. The van der Waals surface area contributed by atoms with E-state index in [1.54, 1.807) is 13.8 Å². The number of aliphatic hydroxyl groups excluding tert-OH is 1. The van der Waals surface area contributed by atoms with Gasteiger partial charge < -0.3 is 34.3 Å². The van der Waals surface area contributed by atoms with Crippen molar-refractivity contribution >= 4 is 29.2 Å². The van der Waals surface area contributed by atoms with E-state index in [0.29, 0.717) is 0 Å². The summed E-state index contributed by atoms with van der Waals surface area (Å²) in [6.07, 6.45) is -4.79. The molecule has 8 nitrogen and oxygen atoms in total. The summed E-state index contributed by atoms with van der Waals surface area (Å²) < 4.78 is 22.5. The summed E-state index contributed by atoms with van der Waals surface area (Å²) in [5, 5.41) is 30.3. The Morgan fingerprint density at radius 2 is 1.73 bits per heavy atom. The second-order valence-corrected chi connectivity index (χ2v) is 8.79. The smallest absolute Gasteiger partial charge is 0.342 e. The molecule has 10 heteroatoms. The first-order valence-corrected chi connectivity index (χ1v) is 10.3. The van der Waals surface area contributed by atoms with Crippen molar-refractivity contribution in [1.29, 1.82) is 0 Å². The average Bonchev–Trinajstić information content (AvgIpc) is 2.65. The number of rotatable bonds is 5. The summed E-state index contributed by atoms with van der Waals surface area (Å²) in [4.78, 5) is 13.0. The molecule has 0 bridgehead atoms. The van der Waals surface area contributed by atoms with Gasteiger partial charge in [0.15, 0.2) is 23.9 Å². The van der Waals surface area contributed by atoms with Gasteiger partial charge in [-0.05, 0) is 39.7 Å². The van der Waals surface area contributed by atoms with Crippen molar-refractivity contribution in [1.82, 2.24) is 0 Å². The molecule has 0 amide bonds. The van der Waals surface area contributed by atoms with Crippen LogP contribution in [0.15, 0.2) is 0 Å². The van der Waals surface area contributed by atoms with Crippen LogP contribution in [0, 0.1) is 0 Å². The Morgan fingerprint density at radius 1 is 1.13 bits per heavy atom. The molecule has 30 heavy (non-hydrogen) atoms. The lowest BCUT2D eigenvalue weighted by atomic mass is 9.98. The highest BCUT2D eigenvalue weighted by atomic mass is 35.5. The van der Waals surface area contributed by atoms with Gasteiger partial charge in [-0.2, -0.15) is 0 Å². The molecule has 3 N–H and O–H groups in total. The molecule has 0 aromatic heterocycles. The number of hydrogen-bond donors (Lipinski definition) is 3. The fourth-order valence-electron chi connectivity index (χ4n) is 3.26. The van der Waals surface area contributed by atoms with Crippen molar-refractivity contribution in [2.24, 2.45) is 0 Å². The average molecular weight is 467 g/mol. The molecule has 1 fully saturated rings. The van der Waals surface area contributed by atoms with Crippen molar-refractivity contribution < 1.29 is 39.1 Å². The molecule has 0 aliphatic carbocycles. The highest BCUT2D eigenvalue weighted by molar-refractivity contribution is 6.39. The van der Waals surface area contributed by atoms with E-state index in [1.165, 1.54) is 7.11 Å². The van der Waals surface area contributed by atoms with E-state index in [0.717, 1.165) is 0 Å². The Kier molecular flexibility index (Phi) is 7.88. The number of methoxy groups -OCH3 is 1. The highest BCUT2D eigenvalue weighted by Crippen LogP contribution is 2.45. The summed E-state index contributed by atoms with van der Waals surface area (Å²) >= 11 is 12.0. The minimum atomic E-state index is -1.23. The molecule has 0 radical (unpaired) electrons. The number of phenolic OH excluding ortho intramolecular Hbond substituents is 2. The molecule has 1 aromatic rings. The summed E-state index contributed by atoms with van der Waals surface area (Å²) in [6.45, 7) is 8.77. The fraction of sp³-hybridized carbons (Fsp3) is 0.650. The number of halogens is 2. The van der Waals surface area contributed by atoms with Gasteiger partial charge >= 0.3 is 5.97 Å². The number of esters is 1. The molecule has 5 atom stereocenters.